The smallest absolute Gasteiger partial charge is 0.246 e. The lowest BCUT2D eigenvalue weighted by Gasteiger charge is -2.51. The minimum absolute atomic E-state index is 0.0381. The van der Waals surface area contributed by atoms with Crippen molar-refractivity contribution in [1.29, 1.82) is 0 Å². The van der Waals surface area contributed by atoms with Crippen LogP contribution in [0.15, 0.2) is 58.1 Å². The van der Waals surface area contributed by atoms with Crippen LogP contribution in [0, 0.1) is 11.8 Å². The van der Waals surface area contributed by atoms with E-state index >= 15 is 0 Å². The van der Waals surface area contributed by atoms with Gasteiger partial charge in [-0.3, -0.25) is 0 Å². The molecule has 0 N–H and O–H groups in total. The first-order chi connectivity index (χ1) is 10.7. The van der Waals surface area contributed by atoms with Gasteiger partial charge in [0.2, 0.25) is 0 Å². The average molecular weight is 293 g/mol. The molecule has 2 aliphatic carbocycles. The van der Waals surface area contributed by atoms with Crippen molar-refractivity contribution >= 4 is 5.57 Å². The maximum atomic E-state index is 12.4. The lowest BCUT2D eigenvalue weighted by Crippen LogP contribution is -2.51. The van der Waals surface area contributed by atoms with Crippen LogP contribution in [0.3, 0.4) is 0 Å². The zero-order valence-electron chi connectivity index (χ0n) is 12.1. The molecule has 3 heterocycles. The Morgan fingerprint density at radius 3 is 2.27 bits per heavy atom. The Bertz CT molecular complexity index is 958. The van der Waals surface area contributed by atoms with Gasteiger partial charge in [-0.1, -0.05) is 48.6 Å². The Labute approximate surface area is 126 Å². The Morgan fingerprint density at radius 1 is 0.909 bits per heavy atom. The fourth-order valence-electron chi connectivity index (χ4n) is 4.22. The summed E-state index contributed by atoms with van der Waals surface area (Å²) >= 11 is 0. The number of aromatic nitrogens is 3. The number of nitrogens with zero attached hydrogens (tertiary/aromatic N) is 3. The second kappa shape index (κ2) is 3.80. The molecule has 0 spiro atoms. The van der Waals surface area contributed by atoms with Gasteiger partial charge in [0.1, 0.15) is 0 Å². The third kappa shape index (κ3) is 1.21. The van der Waals surface area contributed by atoms with E-state index in [1.807, 2.05) is 18.2 Å². The van der Waals surface area contributed by atoms with Gasteiger partial charge in [-0.25, -0.2) is 23.5 Å². The molecule has 5 nitrogen and oxygen atoms in total. The molecule has 110 valence electrons. The van der Waals surface area contributed by atoms with Gasteiger partial charge >= 0.3 is 11.4 Å². The third-order valence-corrected chi connectivity index (χ3v) is 5.28. The van der Waals surface area contributed by atoms with E-state index in [0.717, 1.165) is 0 Å². The highest BCUT2D eigenvalue weighted by Crippen LogP contribution is 2.56. The minimum atomic E-state index is -0.220. The maximum Gasteiger partial charge on any atom is 0.347 e. The van der Waals surface area contributed by atoms with Crippen LogP contribution in [0.25, 0.3) is 5.57 Å². The molecule has 0 radical (unpaired) electrons. The summed E-state index contributed by atoms with van der Waals surface area (Å²) in [4.78, 5) is 24.7. The summed E-state index contributed by atoms with van der Waals surface area (Å²) in [6.45, 7) is 0. The van der Waals surface area contributed by atoms with E-state index in [1.54, 1.807) is 16.4 Å². The van der Waals surface area contributed by atoms with Crippen LogP contribution in [-0.2, 0) is 7.05 Å². The molecule has 0 amide bonds. The first-order valence-electron chi connectivity index (χ1n) is 7.54. The van der Waals surface area contributed by atoms with E-state index in [4.69, 9.17) is 0 Å². The maximum absolute atomic E-state index is 12.4. The van der Waals surface area contributed by atoms with E-state index in [1.165, 1.54) is 15.7 Å². The molecule has 2 bridgehead atoms. The molecule has 22 heavy (non-hydrogen) atoms. The van der Waals surface area contributed by atoms with E-state index in [-0.39, 0.29) is 29.4 Å². The molecular weight excluding hydrogens is 278 g/mol. The molecule has 5 heteroatoms. The van der Waals surface area contributed by atoms with Crippen molar-refractivity contribution in [1.82, 2.24) is 13.9 Å². The molecule has 0 unspecified atom stereocenters. The second-order valence-corrected chi connectivity index (χ2v) is 6.27. The minimum Gasteiger partial charge on any atom is -0.246 e. The summed E-state index contributed by atoms with van der Waals surface area (Å²) < 4.78 is 4.48. The standard InChI is InChI=1S/C17H15N3O2/c1-18-16(21)19-13-7-8-14(20(19)17(18)22)15-11(9-12(13)15)10-5-3-2-4-6-10/h2-9,12-15H,1H3/t12-,13-,14-,15-/m0/s1. The van der Waals surface area contributed by atoms with E-state index in [2.05, 4.69) is 30.4 Å². The van der Waals surface area contributed by atoms with Crippen molar-refractivity contribution in [3.63, 3.8) is 0 Å². The van der Waals surface area contributed by atoms with Crippen molar-refractivity contribution in [3.8, 4) is 0 Å². The molecular formula is C17H15N3O2. The van der Waals surface area contributed by atoms with Crippen molar-refractivity contribution in [2.75, 3.05) is 0 Å². The van der Waals surface area contributed by atoms with Crippen LogP contribution >= 0.6 is 0 Å². The van der Waals surface area contributed by atoms with E-state index in [9.17, 15) is 9.59 Å². The summed E-state index contributed by atoms with van der Waals surface area (Å²) in [5, 5.41) is 0. The van der Waals surface area contributed by atoms with Crippen LogP contribution in [0.1, 0.15) is 17.6 Å². The van der Waals surface area contributed by atoms with Crippen LogP contribution < -0.4 is 11.4 Å². The van der Waals surface area contributed by atoms with E-state index < -0.39 is 0 Å². The van der Waals surface area contributed by atoms with Crippen LogP contribution in [0.4, 0.5) is 0 Å². The first-order valence-corrected chi connectivity index (χ1v) is 7.54. The van der Waals surface area contributed by atoms with Crippen molar-refractivity contribution < 1.29 is 0 Å². The van der Waals surface area contributed by atoms with Crippen LogP contribution in [0.5, 0.6) is 0 Å². The number of hydrogen-bond acceptors (Lipinski definition) is 2. The lowest BCUT2D eigenvalue weighted by atomic mass is 9.62. The molecule has 6 rings (SSSR count). The molecule has 4 aliphatic rings. The molecule has 0 fully saturated rings. The second-order valence-electron chi connectivity index (χ2n) is 6.27. The SMILES string of the molecule is Cn1c(=O)n2n(c1=O)[C@H]1C=C[C@H]2[C@@H]2C=C(c3ccccc3)[C@@H]21. The molecule has 2 aromatic rings. The highest BCUT2D eigenvalue weighted by atomic mass is 16.2. The number of hydrogen-bond donors (Lipinski definition) is 0. The van der Waals surface area contributed by atoms with Gasteiger partial charge in [-0.05, 0) is 11.1 Å². The average Bonchev–Trinajstić information content (AvgIpc) is 2.75. The van der Waals surface area contributed by atoms with Gasteiger partial charge in [0.25, 0.3) is 0 Å². The molecule has 1 aromatic heterocycles. The Balaban J connectivity index is 1.69. The predicted molar refractivity (Wildman–Crippen MR) is 82.5 cm³/mol. The van der Waals surface area contributed by atoms with Gasteiger partial charge in [0.05, 0.1) is 12.1 Å². The Hall–Kier alpha value is -2.56. The molecule has 0 saturated heterocycles. The van der Waals surface area contributed by atoms with Crippen LogP contribution in [-0.4, -0.2) is 13.9 Å². The summed E-state index contributed by atoms with van der Waals surface area (Å²) in [7, 11) is 1.55. The number of benzene rings is 1. The molecule has 2 aliphatic heterocycles. The van der Waals surface area contributed by atoms with Crippen LogP contribution in [0.2, 0.25) is 0 Å². The fraction of sp³-hybridized carbons (Fsp3) is 0.294. The van der Waals surface area contributed by atoms with E-state index in [0.29, 0.717) is 5.92 Å². The Morgan fingerprint density at radius 2 is 1.55 bits per heavy atom. The molecule has 0 saturated carbocycles. The highest BCUT2D eigenvalue weighted by molar-refractivity contribution is 5.75. The van der Waals surface area contributed by atoms with Gasteiger partial charge in [-0.15, -0.1) is 0 Å². The highest BCUT2D eigenvalue weighted by Gasteiger charge is 2.51. The van der Waals surface area contributed by atoms with Gasteiger partial charge in [0, 0.05) is 18.9 Å². The number of rotatable bonds is 1. The zero-order chi connectivity index (χ0) is 15.0. The van der Waals surface area contributed by atoms with Crippen molar-refractivity contribution in [3.05, 3.63) is 75.1 Å². The molecule has 1 aromatic carbocycles. The lowest BCUT2D eigenvalue weighted by molar-refractivity contribution is 0.147. The predicted octanol–water partition coefficient (Wildman–Crippen LogP) is 1.34. The quantitative estimate of drug-likeness (QED) is 0.745. The largest absolute Gasteiger partial charge is 0.347 e. The first kappa shape index (κ1) is 12.0. The summed E-state index contributed by atoms with van der Waals surface area (Å²) in [5.74, 6) is 0.599. The normalized spacial score (nSPS) is 30.5. The van der Waals surface area contributed by atoms with Gasteiger partial charge in [0.15, 0.2) is 0 Å². The Kier molecular flexibility index (Phi) is 2.08. The number of allylic oxidation sites excluding steroid dienone is 4. The summed E-state index contributed by atoms with van der Waals surface area (Å²) in [6, 6.07) is 10.2. The van der Waals surface area contributed by atoms with Gasteiger partial charge in [-0.2, -0.15) is 0 Å². The third-order valence-electron chi connectivity index (χ3n) is 5.28. The summed E-state index contributed by atoms with van der Waals surface area (Å²) in [6.07, 6.45) is 6.42. The fourth-order valence-corrected chi connectivity index (χ4v) is 4.22. The monoisotopic (exact) mass is 293 g/mol. The van der Waals surface area contributed by atoms with Gasteiger partial charge < -0.3 is 0 Å². The van der Waals surface area contributed by atoms with Crippen molar-refractivity contribution in [2.24, 2.45) is 18.9 Å². The topological polar surface area (TPSA) is 48.9 Å². The van der Waals surface area contributed by atoms with Crippen molar-refractivity contribution in [2.45, 2.75) is 12.1 Å². The molecule has 4 atom stereocenters. The zero-order valence-corrected chi connectivity index (χ0v) is 12.1. The summed E-state index contributed by atoms with van der Waals surface area (Å²) in [5.41, 5.74) is 2.06.